The summed E-state index contributed by atoms with van der Waals surface area (Å²) in [6.07, 6.45) is 10.7. The van der Waals surface area contributed by atoms with Crippen LogP contribution in [0.15, 0.2) is 18.2 Å². The molecule has 168 valence electrons. The Balaban J connectivity index is 1.28. The van der Waals surface area contributed by atoms with Gasteiger partial charge in [0.1, 0.15) is 0 Å². The highest BCUT2D eigenvalue weighted by Crippen LogP contribution is 2.44. The Kier molecular flexibility index (Phi) is 5.81. The van der Waals surface area contributed by atoms with Crippen LogP contribution in [0.25, 0.3) is 0 Å². The molecule has 5 rings (SSSR count). The van der Waals surface area contributed by atoms with Crippen molar-refractivity contribution in [1.82, 2.24) is 9.80 Å². The van der Waals surface area contributed by atoms with Crippen LogP contribution in [0.1, 0.15) is 69.8 Å². The van der Waals surface area contributed by atoms with E-state index in [0.29, 0.717) is 38.5 Å². The number of piperazine rings is 1. The summed E-state index contributed by atoms with van der Waals surface area (Å²) in [6, 6.07) is 6.02. The van der Waals surface area contributed by atoms with E-state index in [0.717, 1.165) is 42.7 Å². The first kappa shape index (κ1) is 20.7. The van der Waals surface area contributed by atoms with Gasteiger partial charge in [-0.15, -0.1) is 0 Å². The Morgan fingerprint density at radius 1 is 0.871 bits per heavy atom. The van der Waals surface area contributed by atoms with Gasteiger partial charge in [-0.3, -0.25) is 9.59 Å². The summed E-state index contributed by atoms with van der Waals surface area (Å²) < 4.78 is 11.1. The number of rotatable bonds is 4. The number of benzene rings is 1. The van der Waals surface area contributed by atoms with Gasteiger partial charge in [0.25, 0.3) is 0 Å². The van der Waals surface area contributed by atoms with Crippen molar-refractivity contribution in [1.29, 1.82) is 0 Å². The van der Waals surface area contributed by atoms with Crippen molar-refractivity contribution in [2.75, 3.05) is 33.0 Å². The fourth-order valence-electron chi connectivity index (χ4n) is 6.03. The second-order valence-corrected chi connectivity index (χ2v) is 9.74. The van der Waals surface area contributed by atoms with E-state index in [1.807, 2.05) is 21.9 Å². The molecule has 1 aromatic carbocycles. The molecule has 1 aromatic rings. The molecule has 6 nitrogen and oxygen atoms in total. The Hall–Kier alpha value is -2.24. The van der Waals surface area contributed by atoms with E-state index in [1.165, 1.54) is 32.1 Å². The number of fused-ring (bicyclic) bond motifs is 1. The highest BCUT2D eigenvalue weighted by Gasteiger charge is 2.45. The maximum Gasteiger partial charge on any atom is 0.233 e. The van der Waals surface area contributed by atoms with Gasteiger partial charge in [-0.1, -0.05) is 38.2 Å². The van der Waals surface area contributed by atoms with Crippen molar-refractivity contribution in [3.63, 3.8) is 0 Å². The molecule has 2 aliphatic carbocycles. The zero-order valence-corrected chi connectivity index (χ0v) is 18.4. The molecule has 0 bridgehead atoms. The van der Waals surface area contributed by atoms with Crippen LogP contribution in [-0.2, 0) is 15.0 Å². The number of hydrogen-bond donors (Lipinski definition) is 0. The monoisotopic (exact) mass is 426 g/mol. The first-order valence-electron chi connectivity index (χ1n) is 12.1. The van der Waals surface area contributed by atoms with Crippen LogP contribution < -0.4 is 9.47 Å². The molecule has 2 saturated carbocycles. The van der Waals surface area contributed by atoms with Gasteiger partial charge in [-0.25, -0.2) is 0 Å². The van der Waals surface area contributed by atoms with Crippen LogP contribution >= 0.6 is 0 Å². The number of ether oxygens (including phenoxy) is 2. The second kappa shape index (κ2) is 8.71. The summed E-state index contributed by atoms with van der Waals surface area (Å²) in [7, 11) is 0. The number of carbonyl (C=O) groups is 2. The molecule has 3 fully saturated rings. The molecule has 2 amide bonds. The van der Waals surface area contributed by atoms with Crippen molar-refractivity contribution < 1.29 is 19.1 Å². The average Bonchev–Trinajstić information content (AvgIpc) is 3.50. The van der Waals surface area contributed by atoms with Gasteiger partial charge in [-0.2, -0.15) is 0 Å². The third-order valence-electron chi connectivity index (χ3n) is 7.90. The van der Waals surface area contributed by atoms with Crippen LogP contribution in [0.2, 0.25) is 0 Å². The molecule has 4 aliphatic rings. The third-order valence-corrected chi connectivity index (χ3v) is 7.90. The number of carbonyl (C=O) groups excluding carboxylic acids is 2. The first-order chi connectivity index (χ1) is 15.2. The van der Waals surface area contributed by atoms with Crippen LogP contribution in [0.3, 0.4) is 0 Å². The molecule has 0 unspecified atom stereocenters. The van der Waals surface area contributed by atoms with Gasteiger partial charge in [0.15, 0.2) is 11.5 Å². The normalized spacial score (nSPS) is 23.2. The maximum atomic E-state index is 13.9. The minimum Gasteiger partial charge on any atom is -0.454 e. The molecular weight excluding hydrogens is 392 g/mol. The summed E-state index contributed by atoms with van der Waals surface area (Å²) in [5, 5.41) is 0. The van der Waals surface area contributed by atoms with Gasteiger partial charge in [-0.05, 0) is 49.3 Å². The van der Waals surface area contributed by atoms with Crippen molar-refractivity contribution in [2.24, 2.45) is 5.92 Å². The molecule has 0 aromatic heterocycles. The molecule has 0 N–H and O–H groups in total. The zero-order chi connectivity index (χ0) is 21.3. The minimum absolute atomic E-state index is 0.231. The fourth-order valence-corrected chi connectivity index (χ4v) is 6.03. The van der Waals surface area contributed by atoms with E-state index >= 15 is 0 Å². The fraction of sp³-hybridized carbons (Fsp3) is 0.680. The molecule has 1 saturated heterocycles. The first-order valence-corrected chi connectivity index (χ1v) is 12.1. The van der Waals surface area contributed by atoms with Crippen molar-refractivity contribution in [3.05, 3.63) is 23.8 Å². The van der Waals surface area contributed by atoms with Gasteiger partial charge in [0.2, 0.25) is 18.6 Å². The maximum absolute atomic E-state index is 13.9. The van der Waals surface area contributed by atoms with Gasteiger partial charge in [0, 0.05) is 32.6 Å². The lowest BCUT2D eigenvalue weighted by molar-refractivity contribution is -0.144. The van der Waals surface area contributed by atoms with Crippen molar-refractivity contribution in [3.8, 4) is 11.5 Å². The lowest BCUT2D eigenvalue weighted by Crippen LogP contribution is -2.56. The average molecular weight is 427 g/mol. The third kappa shape index (κ3) is 4.01. The smallest absolute Gasteiger partial charge is 0.233 e. The summed E-state index contributed by atoms with van der Waals surface area (Å²) in [4.78, 5) is 30.6. The molecule has 0 atom stereocenters. The highest BCUT2D eigenvalue weighted by atomic mass is 16.7. The molecular formula is C25H34N2O4. The van der Waals surface area contributed by atoms with E-state index in [4.69, 9.17) is 9.47 Å². The topological polar surface area (TPSA) is 59.1 Å². The minimum atomic E-state index is -0.477. The van der Waals surface area contributed by atoms with E-state index < -0.39 is 5.41 Å². The molecule has 6 heteroatoms. The quantitative estimate of drug-likeness (QED) is 0.733. The van der Waals surface area contributed by atoms with Gasteiger partial charge < -0.3 is 19.3 Å². The second-order valence-electron chi connectivity index (χ2n) is 9.74. The standard InChI is InChI=1S/C25H34N2O4/c28-23(16-19-6-2-3-7-19)26-12-14-27(15-13-26)24(29)25(10-4-1-5-11-25)20-8-9-21-22(17-20)31-18-30-21/h8-9,17,19H,1-7,10-16,18H2. The predicted molar refractivity (Wildman–Crippen MR) is 117 cm³/mol. The molecule has 0 spiro atoms. The zero-order valence-electron chi connectivity index (χ0n) is 18.4. The largest absolute Gasteiger partial charge is 0.454 e. The van der Waals surface area contributed by atoms with Crippen molar-refractivity contribution in [2.45, 2.75) is 69.6 Å². The summed E-state index contributed by atoms with van der Waals surface area (Å²) in [5.41, 5.74) is 0.580. The molecule has 31 heavy (non-hydrogen) atoms. The van der Waals surface area contributed by atoms with E-state index in [2.05, 4.69) is 6.07 Å². The van der Waals surface area contributed by atoms with Crippen molar-refractivity contribution >= 4 is 11.8 Å². The van der Waals surface area contributed by atoms with Gasteiger partial charge >= 0.3 is 0 Å². The van der Waals surface area contributed by atoms with Crippen LogP contribution in [-0.4, -0.2) is 54.6 Å². The van der Waals surface area contributed by atoms with Crippen LogP contribution in [0.5, 0.6) is 11.5 Å². The van der Waals surface area contributed by atoms with E-state index in [-0.39, 0.29) is 18.6 Å². The van der Waals surface area contributed by atoms with E-state index in [1.54, 1.807) is 0 Å². The lowest BCUT2D eigenvalue weighted by Gasteiger charge is -2.43. The molecule has 2 aliphatic heterocycles. The number of hydrogen-bond acceptors (Lipinski definition) is 4. The molecule has 0 radical (unpaired) electrons. The number of amides is 2. The number of nitrogens with zero attached hydrogens (tertiary/aromatic N) is 2. The van der Waals surface area contributed by atoms with Crippen LogP contribution in [0.4, 0.5) is 0 Å². The Morgan fingerprint density at radius 2 is 1.55 bits per heavy atom. The summed E-state index contributed by atoms with van der Waals surface area (Å²) in [5.74, 6) is 2.59. The predicted octanol–water partition coefficient (Wildman–Crippen LogP) is 3.87. The van der Waals surface area contributed by atoms with Gasteiger partial charge in [0.05, 0.1) is 5.41 Å². The summed E-state index contributed by atoms with van der Waals surface area (Å²) in [6.45, 7) is 2.85. The van der Waals surface area contributed by atoms with Crippen LogP contribution in [0, 0.1) is 5.92 Å². The summed E-state index contributed by atoms with van der Waals surface area (Å²) >= 11 is 0. The Morgan fingerprint density at radius 3 is 2.29 bits per heavy atom. The highest BCUT2D eigenvalue weighted by molar-refractivity contribution is 5.89. The lowest BCUT2D eigenvalue weighted by atomic mass is 9.68. The Bertz CT molecular complexity index is 819. The SMILES string of the molecule is O=C(CC1CCCC1)N1CCN(C(=O)C2(c3ccc4c(c3)OCO4)CCCCC2)CC1. The molecule has 2 heterocycles. The van der Waals surface area contributed by atoms with E-state index in [9.17, 15) is 9.59 Å². The Labute approximate surface area is 184 Å².